The van der Waals surface area contributed by atoms with E-state index >= 15 is 0 Å². The van der Waals surface area contributed by atoms with E-state index in [1.807, 2.05) is 0 Å². The van der Waals surface area contributed by atoms with Crippen molar-refractivity contribution in [3.63, 3.8) is 0 Å². The molecular weight excluding hydrogens is 200 g/mol. The SMILES string of the molecule is CNC(=O)CNCc1cc(C)c(C)cc1C. The largest absolute Gasteiger partial charge is 0.358 e. The van der Waals surface area contributed by atoms with Crippen molar-refractivity contribution in [3.8, 4) is 0 Å². The van der Waals surface area contributed by atoms with Gasteiger partial charge in [0.2, 0.25) is 5.91 Å². The van der Waals surface area contributed by atoms with Crippen LogP contribution in [0.1, 0.15) is 22.3 Å². The molecule has 3 heteroatoms. The Kier molecular flexibility index (Phi) is 4.50. The summed E-state index contributed by atoms with van der Waals surface area (Å²) in [7, 11) is 1.64. The zero-order chi connectivity index (χ0) is 12.1. The topological polar surface area (TPSA) is 41.1 Å². The van der Waals surface area contributed by atoms with E-state index in [0.29, 0.717) is 6.54 Å². The van der Waals surface area contributed by atoms with Crippen LogP contribution < -0.4 is 10.6 Å². The molecule has 88 valence electrons. The standard InChI is InChI=1S/C13H20N2O/c1-9-5-11(3)12(6-10(9)2)7-15-8-13(16)14-4/h5-6,15H,7-8H2,1-4H3,(H,14,16). The molecular formula is C13H20N2O. The van der Waals surface area contributed by atoms with Crippen LogP contribution in [-0.4, -0.2) is 19.5 Å². The summed E-state index contributed by atoms with van der Waals surface area (Å²) >= 11 is 0. The Hall–Kier alpha value is -1.35. The molecule has 0 aliphatic carbocycles. The first-order valence-corrected chi connectivity index (χ1v) is 5.52. The lowest BCUT2D eigenvalue weighted by Crippen LogP contribution is -2.31. The lowest BCUT2D eigenvalue weighted by atomic mass is 10.0. The summed E-state index contributed by atoms with van der Waals surface area (Å²) in [4.78, 5) is 11.0. The Morgan fingerprint density at radius 1 is 1.12 bits per heavy atom. The van der Waals surface area contributed by atoms with Crippen molar-refractivity contribution in [3.05, 3.63) is 34.4 Å². The molecule has 0 fully saturated rings. The van der Waals surface area contributed by atoms with Crippen LogP contribution in [0.4, 0.5) is 0 Å². The first-order valence-electron chi connectivity index (χ1n) is 5.52. The number of benzene rings is 1. The number of likely N-dealkylation sites (N-methyl/N-ethyl adjacent to an activating group) is 1. The zero-order valence-electron chi connectivity index (χ0n) is 10.5. The summed E-state index contributed by atoms with van der Waals surface area (Å²) in [5.41, 5.74) is 5.13. The molecule has 0 heterocycles. The van der Waals surface area contributed by atoms with Gasteiger partial charge in [0.25, 0.3) is 0 Å². The quantitative estimate of drug-likeness (QED) is 0.806. The van der Waals surface area contributed by atoms with Crippen LogP contribution in [0.3, 0.4) is 0 Å². The van der Waals surface area contributed by atoms with E-state index in [2.05, 4.69) is 43.5 Å². The Bertz CT molecular complexity index is 386. The average molecular weight is 220 g/mol. The summed E-state index contributed by atoms with van der Waals surface area (Å²) < 4.78 is 0. The molecule has 0 bridgehead atoms. The monoisotopic (exact) mass is 220 g/mol. The Labute approximate surface area is 97.2 Å². The van der Waals surface area contributed by atoms with Crippen LogP contribution in [-0.2, 0) is 11.3 Å². The van der Waals surface area contributed by atoms with Gasteiger partial charge in [-0.2, -0.15) is 0 Å². The van der Waals surface area contributed by atoms with Crippen LogP contribution in [0, 0.1) is 20.8 Å². The summed E-state index contributed by atoms with van der Waals surface area (Å²) in [5, 5.41) is 5.71. The highest BCUT2D eigenvalue weighted by Gasteiger charge is 2.02. The van der Waals surface area contributed by atoms with Gasteiger partial charge in [0.15, 0.2) is 0 Å². The minimum absolute atomic E-state index is 0.0153. The molecule has 0 aliphatic heterocycles. The number of nitrogens with one attached hydrogen (secondary N) is 2. The normalized spacial score (nSPS) is 10.2. The van der Waals surface area contributed by atoms with Crippen molar-refractivity contribution in [1.82, 2.24) is 10.6 Å². The van der Waals surface area contributed by atoms with Gasteiger partial charge in [0, 0.05) is 13.6 Å². The minimum atomic E-state index is 0.0153. The summed E-state index contributed by atoms with van der Waals surface area (Å²) in [6.07, 6.45) is 0. The van der Waals surface area contributed by atoms with Crippen molar-refractivity contribution in [2.75, 3.05) is 13.6 Å². The second kappa shape index (κ2) is 5.66. The van der Waals surface area contributed by atoms with E-state index in [0.717, 1.165) is 6.54 Å². The molecule has 0 saturated heterocycles. The molecule has 1 rings (SSSR count). The van der Waals surface area contributed by atoms with Gasteiger partial charge in [0.1, 0.15) is 0 Å². The highest BCUT2D eigenvalue weighted by molar-refractivity contribution is 5.77. The van der Waals surface area contributed by atoms with E-state index in [1.165, 1.54) is 22.3 Å². The number of carbonyl (C=O) groups excluding carboxylic acids is 1. The molecule has 0 aliphatic rings. The predicted molar refractivity (Wildman–Crippen MR) is 66.4 cm³/mol. The van der Waals surface area contributed by atoms with Crippen LogP contribution in [0.5, 0.6) is 0 Å². The fraction of sp³-hybridized carbons (Fsp3) is 0.462. The third-order valence-corrected chi connectivity index (χ3v) is 2.83. The Balaban J connectivity index is 2.60. The lowest BCUT2D eigenvalue weighted by Gasteiger charge is -2.10. The molecule has 0 spiro atoms. The first-order chi connectivity index (χ1) is 7.54. The maximum absolute atomic E-state index is 11.0. The van der Waals surface area contributed by atoms with E-state index < -0.39 is 0 Å². The van der Waals surface area contributed by atoms with Crippen molar-refractivity contribution in [2.24, 2.45) is 0 Å². The summed E-state index contributed by atoms with van der Waals surface area (Å²) in [6.45, 7) is 7.42. The molecule has 16 heavy (non-hydrogen) atoms. The fourth-order valence-corrected chi connectivity index (χ4v) is 1.61. The number of hydrogen-bond acceptors (Lipinski definition) is 2. The number of aryl methyl sites for hydroxylation is 3. The molecule has 0 unspecified atom stereocenters. The fourth-order valence-electron chi connectivity index (χ4n) is 1.61. The second-order valence-electron chi connectivity index (χ2n) is 4.14. The minimum Gasteiger partial charge on any atom is -0.358 e. The molecule has 2 N–H and O–H groups in total. The molecule has 1 amide bonds. The zero-order valence-corrected chi connectivity index (χ0v) is 10.5. The number of hydrogen-bond donors (Lipinski definition) is 2. The maximum atomic E-state index is 11.0. The van der Waals surface area contributed by atoms with Crippen LogP contribution in [0.25, 0.3) is 0 Å². The third-order valence-electron chi connectivity index (χ3n) is 2.83. The number of carbonyl (C=O) groups is 1. The van der Waals surface area contributed by atoms with Crippen molar-refractivity contribution < 1.29 is 4.79 Å². The Morgan fingerprint density at radius 2 is 1.75 bits per heavy atom. The van der Waals surface area contributed by atoms with Crippen LogP contribution >= 0.6 is 0 Å². The van der Waals surface area contributed by atoms with Gasteiger partial charge in [-0.1, -0.05) is 12.1 Å². The van der Waals surface area contributed by atoms with Crippen molar-refractivity contribution >= 4 is 5.91 Å². The predicted octanol–water partition coefficient (Wildman–Crippen LogP) is 1.45. The molecule has 0 radical (unpaired) electrons. The third kappa shape index (κ3) is 3.35. The summed E-state index contributed by atoms with van der Waals surface area (Å²) in [5.74, 6) is 0.0153. The first kappa shape index (κ1) is 12.7. The van der Waals surface area contributed by atoms with Gasteiger partial charge in [-0.05, 0) is 43.0 Å². The molecule has 0 atom stereocenters. The number of rotatable bonds is 4. The molecule has 3 nitrogen and oxygen atoms in total. The Morgan fingerprint density at radius 3 is 2.38 bits per heavy atom. The molecule has 0 saturated carbocycles. The van der Waals surface area contributed by atoms with Gasteiger partial charge in [-0.25, -0.2) is 0 Å². The van der Waals surface area contributed by atoms with Gasteiger partial charge in [-0.3, -0.25) is 4.79 Å². The second-order valence-corrected chi connectivity index (χ2v) is 4.14. The summed E-state index contributed by atoms with van der Waals surface area (Å²) in [6, 6.07) is 4.37. The highest BCUT2D eigenvalue weighted by Crippen LogP contribution is 2.14. The maximum Gasteiger partial charge on any atom is 0.233 e. The number of amides is 1. The molecule has 1 aromatic carbocycles. The molecule has 0 aromatic heterocycles. The van der Waals surface area contributed by atoms with Crippen molar-refractivity contribution in [2.45, 2.75) is 27.3 Å². The highest BCUT2D eigenvalue weighted by atomic mass is 16.1. The molecule has 1 aromatic rings. The smallest absolute Gasteiger partial charge is 0.233 e. The van der Waals surface area contributed by atoms with E-state index in [-0.39, 0.29) is 5.91 Å². The van der Waals surface area contributed by atoms with Gasteiger partial charge in [-0.15, -0.1) is 0 Å². The van der Waals surface area contributed by atoms with Gasteiger partial charge < -0.3 is 10.6 Å². The van der Waals surface area contributed by atoms with Crippen LogP contribution in [0.15, 0.2) is 12.1 Å². The average Bonchev–Trinajstić information content (AvgIpc) is 2.25. The van der Waals surface area contributed by atoms with E-state index in [4.69, 9.17) is 0 Å². The van der Waals surface area contributed by atoms with Crippen LogP contribution in [0.2, 0.25) is 0 Å². The van der Waals surface area contributed by atoms with Gasteiger partial charge in [0.05, 0.1) is 6.54 Å². The van der Waals surface area contributed by atoms with Crippen molar-refractivity contribution in [1.29, 1.82) is 0 Å². The van der Waals surface area contributed by atoms with Gasteiger partial charge >= 0.3 is 0 Å². The van der Waals surface area contributed by atoms with E-state index in [9.17, 15) is 4.79 Å². The van der Waals surface area contributed by atoms with E-state index in [1.54, 1.807) is 7.05 Å². The lowest BCUT2D eigenvalue weighted by molar-refractivity contribution is -0.119.